The predicted molar refractivity (Wildman–Crippen MR) is 65.7 cm³/mol. The second-order valence-corrected chi connectivity index (χ2v) is 4.04. The van der Waals surface area contributed by atoms with Crippen molar-refractivity contribution in [3.05, 3.63) is 54.1 Å². The zero-order valence-corrected chi connectivity index (χ0v) is 9.80. The van der Waals surface area contributed by atoms with Gasteiger partial charge in [0.15, 0.2) is 0 Å². The molecule has 0 fully saturated rings. The Morgan fingerprint density at radius 1 is 1.28 bits per heavy atom. The average molecular weight is 245 g/mol. The Morgan fingerprint density at radius 2 is 1.94 bits per heavy atom. The van der Waals surface area contributed by atoms with Gasteiger partial charge in [0.2, 0.25) is 0 Å². The van der Waals surface area contributed by atoms with Crippen molar-refractivity contribution in [3.63, 3.8) is 0 Å². The van der Waals surface area contributed by atoms with Gasteiger partial charge in [-0.2, -0.15) is 0 Å². The molecule has 0 aliphatic heterocycles. The Morgan fingerprint density at radius 3 is 2.50 bits per heavy atom. The third-order valence-corrected chi connectivity index (χ3v) is 2.85. The maximum absolute atomic E-state index is 13.9. The largest absolute Gasteiger partial charge is 0.481 e. The van der Waals surface area contributed by atoms with Crippen LogP contribution in [0, 0.1) is 5.82 Å². The lowest BCUT2D eigenvalue weighted by molar-refractivity contribution is -0.138. The van der Waals surface area contributed by atoms with Crippen molar-refractivity contribution >= 4 is 5.97 Å². The summed E-state index contributed by atoms with van der Waals surface area (Å²) in [6.07, 6.45) is 3.17. The van der Waals surface area contributed by atoms with E-state index in [1.165, 1.54) is 13.0 Å². The maximum Gasteiger partial charge on any atom is 0.310 e. The van der Waals surface area contributed by atoms with Crippen LogP contribution in [0.25, 0.3) is 11.1 Å². The molecule has 0 aliphatic carbocycles. The van der Waals surface area contributed by atoms with E-state index in [1.807, 2.05) is 0 Å². The highest BCUT2D eigenvalue weighted by Crippen LogP contribution is 2.25. The molecule has 3 nitrogen and oxygen atoms in total. The first-order valence-corrected chi connectivity index (χ1v) is 5.52. The van der Waals surface area contributed by atoms with E-state index >= 15 is 0 Å². The van der Waals surface area contributed by atoms with E-state index in [0.717, 1.165) is 5.56 Å². The number of nitrogens with zero attached hydrogens (tertiary/aromatic N) is 1. The first kappa shape index (κ1) is 12.2. The lowest BCUT2D eigenvalue weighted by atomic mass is 9.97. The Bertz CT molecular complexity index is 569. The van der Waals surface area contributed by atoms with Gasteiger partial charge in [0.25, 0.3) is 0 Å². The summed E-state index contributed by atoms with van der Waals surface area (Å²) in [7, 11) is 0. The fourth-order valence-corrected chi connectivity index (χ4v) is 1.71. The monoisotopic (exact) mass is 245 g/mol. The molecule has 2 aromatic rings. The van der Waals surface area contributed by atoms with Crippen LogP contribution in [0.3, 0.4) is 0 Å². The van der Waals surface area contributed by atoms with Crippen LogP contribution in [0.5, 0.6) is 0 Å². The molecule has 0 saturated heterocycles. The van der Waals surface area contributed by atoms with Gasteiger partial charge in [0.05, 0.1) is 5.92 Å². The Hall–Kier alpha value is -2.23. The summed E-state index contributed by atoms with van der Waals surface area (Å²) in [5.41, 5.74) is 1.62. The zero-order valence-electron chi connectivity index (χ0n) is 9.80. The maximum atomic E-state index is 13.9. The lowest BCUT2D eigenvalue weighted by Crippen LogP contribution is -2.07. The van der Waals surface area contributed by atoms with Gasteiger partial charge in [0, 0.05) is 18.0 Å². The Balaban J connectivity index is 2.40. The fraction of sp³-hybridized carbons (Fsp3) is 0.143. The standard InChI is InChI=1S/C14H12FNO2/c1-9(14(17)18)11-2-3-12(13(15)8-11)10-4-6-16-7-5-10/h2-9H,1H3,(H,17,18)/t9-/m1/s1. The summed E-state index contributed by atoms with van der Waals surface area (Å²) < 4.78 is 13.9. The van der Waals surface area contributed by atoms with E-state index in [4.69, 9.17) is 5.11 Å². The van der Waals surface area contributed by atoms with Crippen LogP contribution in [0.2, 0.25) is 0 Å². The topological polar surface area (TPSA) is 50.2 Å². The van der Waals surface area contributed by atoms with E-state index in [-0.39, 0.29) is 0 Å². The normalized spacial score (nSPS) is 12.1. The highest BCUT2D eigenvalue weighted by atomic mass is 19.1. The Labute approximate surface area is 104 Å². The van der Waals surface area contributed by atoms with Gasteiger partial charge in [0.1, 0.15) is 5.82 Å². The summed E-state index contributed by atoms with van der Waals surface area (Å²) in [6.45, 7) is 1.53. The number of aliphatic carboxylic acids is 1. The van der Waals surface area contributed by atoms with Crippen molar-refractivity contribution < 1.29 is 14.3 Å². The van der Waals surface area contributed by atoms with Gasteiger partial charge >= 0.3 is 5.97 Å². The van der Waals surface area contributed by atoms with Crippen LogP contribution >= 0.6 is 0 Å². The van der Waals surface area contributed by atoms with Gasteiger partial charge in [-0.3, -0.25) is 9.78 Å². The van der Waals surface area contributed by atoms with E-state index < -0.39 is 17.7 Å². The lowest BCUT2D eigenvalue weighted by Gasteiger charge is -2.09. The number of aromatic nitrogens is 1. The van der Waals surface area contributed by atoms with Gasteiger partial charge in [-0.15, -0.1) is 0 Å². The van der Waals surface area contributed by atoms with Gasteiger partial charge in [-0.25, -0.2) is 4.39 Å². The van der Waals surface area contributed by atoms with Crippen LogP contribution in [-0.2, 0) is 4.79 Å². The smallest absolute Gasteiger partial charge is 0.310 e. The van der Waals surface area contributed by atoms with Crippen LogP contribution in [0.15, 0.2) is 42.7 Å². The van der Waals surface area contributed by atoms with E-state index in [0.29, 0.717) is 11.1 Å². The number of hydrogen-bond acceptors (Lipinski definition) is 2. The second kappa shape index (κ2) is 4.96. The third-order valence-electron chi connectivity index (χ3n) is 2.85. The highest BCUT2D eigenvalue weighted by molar-refractivity contribution is 5.76. The molecule has 4 heteroatoms. The molecule has 0 aliphatic rings. The second-order valence-electron chi connectivity index (χ2n) is 4.04. The number of carboxylic acids is 1. The number of pyridine rings is 1. The van der Waals surface area contributed by atoms with Gasteiger partial charge < -0.3 is 5.11 Å². The molecular formula is C14H12FNO2. The number of halogens is 1. The molecule has 1 aromatic heterocycles. The SMILES string of the molecule is C[C@@H](C(=O)O)c1ccc(-c2ccncc2)c(F)c1. The first-order chi connectivity index (χ1) is 8.59. The number of carboxylic acid groups (broad SMARTS) is 1. The van der Waals surface area contributed by atoms with Crippen LogP contribution < -0.4 is 0 Å². The summed E-state index contributed by atoms with van der Waals surface area (Å²) >= 11 is 0. The average Bonchev–Trinajstić information content (AvgIpc) is 2.38. The molecule has 0 saturated carbocycles. The molecule has 18 heavy (non-hydrogen) atoms. The molecule has 0 bridgehead atoms. The minimum Gasteiger partial charge on any atom is -0.481 e. The first-order valence-electron chi connectivity index (χ1n) is 5.52. The van der Waals surface area contributed by atoms with Crippen molar-refractivity contribution in [2.75, 3.05) is 0 Å². The molecule has 1 N–H and O–H groups in total. The van der Waals surface area contributed by atoms with Crippen LogP contribution in [0.1, 0.15) is 18.4 Å². The fourth-order valence-electron chi connectivity index (χ4n) is 1.71. The minimum atomic E-state index is -0.967. The molecule has 0 spiro atoms. The highest BCUT2D eigenvalue weighted by Gasteiger charge is 2.15. The number of carbonyl (C=O) groups is 1. The molecule has 92 valence electrons. The summed E-state index contributed by atoms with van der Waals surface area (Å²) in [5.74, 6) is -2.11. The summed E-state index contributed by atoms with van der Waals surface area (Å²) in [6, 6.07) is 7.92. The number of rotatable bonds is 3. The summed E-state index contributed by atoms with van der Waals surface area (Å²) in [4.78, 5) is 14.7. The Kier molecular flexibility index (Phi) is 3.37. The molecular weight excluding hydrogens is 233 g/mol. The molecule has 0 amide bonds. The molecule has 2 rings (SSSR count). The van der Waals surface area contributed by atoms with E-state index in [1.54, 1.807) is 36.7 Å². The van der Waals surface area contributed by atoms with Gasteiger partial charge in [-0.05, 0) is 36.2 Å². The van der Waals surface area contributed by atoms with Gasteiger partial charge in [-0.1, -0.05) is 12.1 Å². The number of hydrogen-bond donors (Lipinski definition) is 1. The van der Waals surface area contributed by atoms with Crippen molar-refractivity contribution in [3.8, 4) is 11.1 Å². The van der Waals surface area contributed by atoms with Crippen molar-refractivity contribution in [2.24, 2.45) is 0 Å². The van der Waals surface area contributed by atoms with E-state index in [2.05, 4.69) is 4.98 Å². The van der Waals surface area contributed by atoms with Crippen LogP contribution in [-0.4, -0.2) is 16.1 Å². The molecule has 1 atom stereocenters. The molecule has 0 radical (unpaired) electrons. The molecule has 1 aromatic carbocycles. The quantitative estimate of drug-likeness (QED) is 0.904. The van der Waals surface area contributed by atoms with Crippen molar-refractivity contribution in [1.29, 1.82) is 0 Å². The zero-order chi connectivity index (χ0) is 13.1. The van der Waals surface area contributed by atoms with Crippen molar-refractivity contribution in [2.45, 2.75) is 12.8 Å². The third kappa shape index (κ3) is 2.37. The number of benzene rings is 1. The van der Waals surface area contributed by atoms with Crippen molar-refractivity contribution in [1.82, 2.24) is 4.98 Å². The molecule has 1 heterocycles. The predicted octanol–water partition coefficient (Wildman–Crippen LogP) is 3.08. The van der Waals surface area contributed by atoms with Crippen LogP contribution in [0.4, 0.5) is 4.39 Å². The minimum absolute atomic E-state index is 0.424. The van der Waals surface area contributed by atoms with E-state index in [9.17, 15) is 9.18 Å². The molecule has 0 unspecified atom stereocenters. The summed E-state index contributed by atoms with van der Waals surface area (Å²) in [5, 5.41) is 8.88.